The van der Waals surface area contributed by atoms with Gasteiger partial charge in [-0.1, -0.05) is 0 Å². The fraction of sp³-hybridized carbons (Fsp3) is 0.529. The maximum absolute atomic E-state index is 14.6. The van der Waals surface area contributed by atoms with Crippen LogP contribution in [0.5, 0.6) is 0 Å². The van der Waals surface area contributed by atoms with Gasteiger partial charge >= 0.3 is 12.0 Å². The summed E-state index contributed by atoms with van der Waals surface area (Å²) < 4.78 is 41.7. The molecule has 2 N–H and O–H groups in total. The van der Waals surface area contributed by atoms with Crippen molar-refractivity contribution in [1.82, 2.24) is 14.5 Å². The molecule has 2 aliphatic heterocycles. The Balaban J connectivity index is 1.92. The van der Waals surface area contributed by atoms with E-state index < -0.39 is 38.3 Å². The van der Waals surface area contributed by atoms with Gasteiger partial charge in [0.2, 0.25) is 10.0 Å². The van der Waals surface area contributed by atoms with E-state index in [4.69, 9.17) is 5.11 Å². The molecular weight excluding hydrogens is 377 g/mol. The fourth-order valence-corrected chi connectivity index (χ4v) is 5.47. The molecule has 8 nitrogen and oxygen atoms in total. The minimum Gasteiger partial charge on any atom is -0.478 e. The highest BCUT2D eigenvalue weighted by molar-refractivity contribution is 7.89. The molecule has 0 saturated carbocycles. The lowest BCUT2D eigenvalue weighted by Gasteiger charge is -2.37. The largest absolute Gasteiger partial charge is 0.478 e. The summed E-state index contributed by atoms with van der Waals surface area (Å²) in [5.41, 5.74) is -0.342. The molecular formula is C17H22FN3O5S. The molecule has 10 heteroatoms. The van der Waals surface area contributed by atoms with Crippen LogP contribution in [-0.4, -0.2) is 65.9 Å². The van der Waals surface area contributed by atoms with Gasteiger partial charge < -0.3 is 15.3 Å². The first-order valence-corrected chi connectivity index (χ1v) is 10.1. The zero-order valence-electron chi connectivity index (χ0n) is 15.3. The predicted molar refractivity (Wildman–Crippen MR) is 94.6 cm³/mol. The summed E-state index contributed by atoms with van der Waals surface area (Å²) in [5, 5.41) is 11.9. The molecule has 148 valence electrons. The van der Waals surface area contributed by atoms with Gasteiger partial charge in [-0.2, -0.15) is 4.31 Å². The maximum Gasteiger partial charge on any atom is 0.338 e. The van der Waals surface area contributed by atoms with Gasteiger partial charge in [0.15, 0.2) is 5.82 Å². The van der Waals surface area contributed by atoms with Gasteiger partial charge in [-0.05, 0) is 44.9 Å². The Bertz CT molecular complexity index is 902. The van der Waals surface area contributed by atoms with Crippen molar-refractivity contribution in [3.05, 3.63) is 29.1 Å². The Morgan fingerprint density at radius 2 is 2.04 bits per heavy atom. The van der Waals surface area contributed by atoms with Gasteiger partial charge in [0.25, 0.3) is 0 Å². The molecule has 2 saturated heterocycles. The number of aryl methyl sites for hydroxylation is 1. The first-order valence-electron chi connectivity index (χ1n) is 8.66. The summed E-state index contributed by atoms with van der Waals surface area (Å²) in [4.78, 5) is 24.4. The van der Waals surface area contributed by atoms with E-state index in [0.717, 1.165) is 16.4 Å². The Kier molecular flexibility index (Phi) is 4.89. The number of amides is 2. The van der Waals surface area contributed by atoms with Gasteiger partial charge in [-0.15, -0.1) is 0 Å². The number of sulfonamides is 1. The van der Waals surface area contributed by atoms with Gasteiger partial charge in [-0.25, -0.2) is 22.4 Å². The summed E-state index contributed by atoms with van der Waals surface area (Å²) in [6.45, 7) is 5.42. The number of piperidine rings is 1. The topological polar surface area (TPSA) is 107 Å². The quantitative estimate of drug-likeness (QED) is 0.796. The Morgan fingerprint density at radius 3 is 2.63 bits per heavy atom. The second-order valence-corrected chi connectivity index (χ2v) is 9.11. The summed E-state index contributed by atoms with van der Waals surface area (Å²) in [5.74, 6) is -2.79. The first kappa shape index (κ1) is 19.6. The zero-order valence-corrected chi connectivity index (χ0v) is 16.1. The molecule has 0 unspecified atom stereocenters. The van der Waals surface area contributed by atoms with E-state index in [1.807, 2.05) is 13.8 Å². The van der Waals surface area contributed by atoms with Crippen LogP contribution >= 0.6 is 0 Å². The third kappa shape index (κ3) is 3.27. The van der Waals surface area contributed by atoms with E-state index in [1.165, 1.54) is 6.92 Å². The second kappa shape index (κ2) is 6.75. The summed E-state index contributed by atoms with van der Waals surface area (Å²) in [6.07, 6.45) is 0.417. The molecule has 1 aromatic carbocycles. The molecule has 3 rings (SSSR count). The monoisotopic (exact) mass is 399 g/mol. The van der Waals surface area contributed by atoms with E-state index in [-0.39, 0.29) is 31.2 Å². The predicted octanol–water partition coefficient (Wildman–Crippen LogP) is 1.40. The highest BCUT2D eigenvalue weighted by atomic mass is 32.2. The zero-order chi connectivity index (χ0) is 20.1. The number of urea groups is 1. The maximum atomic E-state index is 14.6. The number of carbonyl (C=O) groups is 2. The molecule has 2 fully saturated rings. The number of benzene rings is 1. The molecule has 0 spiro atoms. The lowest BCUT2D eigenvalue weighted by atomic mass is 10.0. The number of hydrogen-bond donors (Lipinski definition) is 2. The van der Waals surface area contributed by atoms with Crippen molar-refractivity contribution in [1.29, 1.82) is 0 Å². The third-order valence-electron chi connectivity index (χ3n) is 5.03. The van der Waals surface area contributed by atoms with Crippen molar-refractivity contribution in [2.24, 2.45) is 0 Å². The molecule has 1 aromatic rings. The number of aromatic carboxylic acids is 1. The third-order valence-corrected chi connectivity index (χ3v) is 6.89. The van der Waals surface area contributed by atoms with E-state index in [0.29, 0.717) is 12.0 Å². The van der Waals surface area contributed by atoms with E-state index >= 15 is 0 Å². The molecule has 0 aromatic heterocycles. The number of nitrogens with one attached hydrogen (secondary N) is 1. The molecule has 2 heterocycles. The summed E-state index contributed by atoms with van der Waals surface area (Å²) in [6, 6.07) is 1.46. The van der Waals surface area contributed by atoms with Crippen LogP contribution in [0.1, 0.15) is 36.2 Å². The minimum absolute atomic E-state index is 0.0117. The smallest absolute Gasteiger partial charge is 0.338 e. The molecule has 2 aliphatic rings. The normalized spacial score (nSPS) is 23.4. The van der Waals surface area contributed by atoms with Crippen LogP contribution in [0.15, 0.2) is 17.0 Å². The number of carboxylic acids is 1. The number of carbonyl (C=O) groups excluding carboxylic acids is 1. The number of rotatable bonds is 4. The molecule has 27 heavy (non-hydrogen) atoms. The van der Waals surface area contributed by atoms with E-state index in [1.54, 1.807) is 4.90 Å². The van der Waals surface area contributed by atoms with Gasteiger partial charge in [0.05, 0.1) is 17.6 Å². The molecule has 2 amide bonds. The van der Waals surface area contributed by atoms with Crippen LogP contribution in [0.3, 0.4) is 0 Å². The molecule has 0 bridgehead atoms. The molecule has 0 aliphatic carbocycles. The number of hydrogen-bond acceptors (Lipinski definition) is 4. The van der Waals surface area contributed by atoms with Crippen molar-refractivity contribution in [2.45, 2.75) is 50.2 Å². The molecule has 0 radical (unpaired) electrons. The average Bonchev–Trinajstić information content (AvgIpc) is 2.91. The average molecular weight is 399 g/mol. The Morgan fingerprint density at radius 1 is 1.37 bits per heavy atom. The van der Waals surface area contributed by atoms with Crippen molar-refractivity contribution in [2.75, 3.05) is 13.1 Å². The van der Waals surface area contributed by atoms with Crippen molar-refractivity contribution >= 4 is 22.0 Å². The van der Waals surface area contributed by atoms with Gasteiger partial charge in [0.1, 0.15) is 4.90 Å². The first-order chi connectivity index (χ1) is 12.5. The van der Waals surface area contributed by atoms with E-state index in [9.17, 15) is 22.4 Å². The van der Waals surface area contributed by atoms with Crippen molar-refractivity contribution in [3.8, 4) is 0 Å². The lowest BCUT2D eigenvalue weighted by Crippen LogP contribution is -2.53. The number of fused-ring (bicyclic) bond motifs is 1. The Hall–Kier alpha value is -2.20. The second-order valence-electron chi connectivity index (χ2n) is 7.21. The van der Waals surface area contributed by atoms with Crippen molar-refractivity contribution in [3.63, 3.8) is 0 Å². The van der Waals surface area contributed by atoms with E-state index in [2.05, 4.69) is 5.32 Å². The summed E-state index contributed by atoms with van der Waals surface area (Å²) in [7, 11) is -4.24. The van der Waals surface area contributed by atoms with Crippen LogP contribution in [0, 0.1) is 12.7 Å². The number of halogens is 1. The highest BCUT2D eigenvalue weighted by Gasteiger charge is 2.46. The standard InChI is InChI=1S/C17H22FN3O5S/c1-9(2)21-13-4-5-20(8-12(13)19-17(21)24)27(25,26)14-7-10(3)6-11(15(14)18)16(22)23/h6-7,9,12-13H,4-5,8H2,1-3H3,(H,19,24)(H,22,23)/t12-,13+/m1/s1. The van der Waals surface area contributed by atoms with Crippen LogP contribution in [0.25, 0.3) is 0 Å². The minimum atomic E-state index is -4.24. The van der Waals surface area contributed by atoms with Gasteiger partial charge in [-0.3, -0.25) is 0 Å². The Labute approximate surface area is 157 Å². The summed E-state index contributed by atoms with van der Waals surface area (Å²) >= 11 is 0. The number of carboxylic acid groups (broad SMARTS) is 1. The van der Waals surface area contributed by atoms with Crippen LogP contribution in [-0.2, 0) is 10.0 Å². The van der Waals surface area contributed by atoms with Crippen molar-refractivity contribution < 1.29 is 27.5 Å². The molecule has 2 atom stereocenters. The lowest BCUT2D eigenvalue weighted by molar-refractivity contribution is 0.0691. The highest BCUT2D eigenvalue weighted by Crippen LogP contribution is 2.30. The fourth-order valence-electron chi connectivity index (χ4n) is 3.82. The van der Waals surface area contributed by atoms with Crippen LogP contribution in [0.4, 0.5) is 9.18 Å². The van der Waals surface area contributed by atoms with Gasteiger partial charge in [0, 0.05) is 19.1 Å². The van der Waals surface area contributed by atoms with Crippen LogP contribution < -0.4 is 5.32 Å². The van der Waals surface area contributed by atoms with Crippen LogP contribution in [0.2, 0.25) is 0 Å². The SMILES string of the molecule is Cc1cc(C(=O)O)c(F)c(S(=O)(=O)N2CC[C@H]3[C@@H](C2)NC(=O)N3C(C)C)c1. The number of nitrogens with zero attached hydrogens (tertiary/aromatic N) is 2.